The number of hydrogen-bond acceptors (Lipinski definition) is 2. The third kappa shape index (κ3) is 1.67. The summed E-state index contributed by atoms with van der Waals surface area (Å²) in [7, 11) is 0. The Labute approximate surface area is 73.2 Å². The lowest BCUT2D eigenvalue weighted by Gasteiger charge is -2.22. The molecule has 0 bridgehead atoms. The molecule has 2 atom stereocenters. The second kappa shape index (κ2) is 3.72. The van der Waals surface area contributed by atoms with Gasteiger partial charge in [-0.3, -0.25) is 4.79 Å². The van der Waals surface area contributed by atoms with Crippen molar-refractivity contribution in [3.63, 3.8) is 0 Å². The van der Waals surface area contributed by atoms with Crippen molar-refractivity contribution in [3.05, 3.63) is 12.7 Å². The SMILES string of the molecule is C=CC1CC(=O)N(C(C)CN)C1. The quantitative estimate of drug-likeness (QED) is 0.619. The van der Waals surface area contributed by atoms with Crippen molar-refractivity contribution in [1.29, 1.82) is 0 Å². The minimum Gasteiger partial charge on any atom is -0.338 e. The van der Waals surface area contributed by atoms with Gasteiger partial charge in [-0.15, -0.1) is 6.58 Å². The fourth-order valence-electron chi connectivity index (χ4n) is 1.47. The third-order valence-electron chi connectivity index (χ3n) is 2.39. The van der Waals surface area contributed by atoms with Crippen LogP contribution in [0.3, 0.4) is 0 Å². The van der Waals surface area contributed by atoms with E-state index >= 15 is 0 Å². The molecule has 0 spiro atoms. The zero-order chi connectivity index (χ0) is 9.14. The van der Waals surface area contributed by atoms with Gasteiger partial charge in [-0.2, -0.15) is 0 Å². The van der Waals surface area contributed by atoms with E-state index in [1.807, 2.05) is 17.9 Å². The van der Waals surface area contributed by atoms with E-state index in [4.69, 9.17) is 5.73 Å². The van der Waals surface area contributed by atoms with Gasteiger partial charge in [0.05, 0.1) is 0 Å². The Balaban J connectivity index is 2.57. The molecule has 0 aliphatic carbocycles. The van der Waals surface area contributed by atoms with Crippen LogP contribution in [0.25, 0.3) is 0 Å². The summed E-state index contributed by atoms with van der Waals surface area (Å²) in [5.41, 5.74) is 5.48. The molecule has 0 aromatic carbocycles. The summed E-state index contributed by atoms with van der Waals surface area (Å²) in [5, 5.41) is 0. The highest BCUT2D eigenvalue weighted by molar-refractivity contribution is 5.79. The van der Waals surface area contributed by atoms with Gasteiger partial charge in [0.25, 0.3) is 0 Å². The molecule has 3 nitrogen and oxygen atoms in total. The van der Waals surface area contributed by atoms with E-state index in [-0.39, 0.29) is 11.9 Å². The Bertz CT molecular complexity index is 191. The first-order valence-electron chi connectivity index (χ1n) is 4.31. The first kappa shape index (κ1) is 9.26. The van der Waals surface area contributed by atoms with Crippen LogP contribution in [0.4, 0.5) is 0 Å². The van der Waals surface area contributed by atoms with Gasteiger partial charge in [0.2, 0.25) is 5.91 Å². The summed E-state index contributed by atoms with van der Waals surface area (Å²) in [6, 6.07) is 0.169. The van der Waals surface area contributed by atoms with Gasteiger partial charge in [0, 0.05) is 31.5 Å². The molecule has 3 heteroatoms. The number of nitrogens with two attached hydrogens (primary N) is 1. The Morgan fingerprint density at radius 2 is 2.58 bits per heavy atom. The Kier molecular flexibility index (Phi) is 2.87. The minimum absolute atomic E-state index is 0.169. The van der Waals surface area contributed by atoms with Crippen LogP contribution in [-0.2, 0) is 4.79 Å². The van der Waals surface area contributed by atoms with Crippen molar-refractivity contribution >= 4 is 5.91 Å². The maximum Gasteiger partial charge on any atom is 0.223 e. The minimum atomic E-state index is 0.169. The summed E-state index contributed by atoms with van der Waals surface area (Å²) in [4.78, 5) is 13.2. The first-order chi connectivity index (χ1) is 5.69. The predicted octanol–water partition coefficient (Wildman–Crippen LogP) is 0.368. The highest BCUT2D eigenvalue weighted by atomic mass is 16.2. The van der Waals surface area contributed by atoms with Crippen molar-refractivity contribution in [3.8, 4) is 0 Å². The normalized spacial score (nSPS) is 26.0. The molecule has 1 fully saturated rings. The molecule has 0 saturated carbocycles. The van der Waals surface area contributed by atoms with Gasteiger partial charge in [0.15, 0.2) is 0 Å². The lowest BCUT2D eigenvalue weighted by Crippen LogP contribution is -2.39. The highest BCUT2D eigenvalue weighted by Gasteiger charge is 2.29. The number of likely N-dealkylation sites (tertiary alicyclic amines) is 1. The third-order valence-corrected chi connectivity index (χ3v) is 2.39. The first-order valence-corrected chi connectivity index (χ1v) is 4.31. The number of carbonyl (C=O) groups is 1. The topological polar surface area (TPSA) is 46.3 Å². The van der Waals surface area contributed by atoms with E-state index in [1.165, 1.54) is 0 Å². The smallest absolute Gasteiger partial charge is 0.223 e. The van der Waals surface area contributed by atoms with Gasteiger partial charge in [-0.1, -0.05) is 6.08 Å². The lowest BCUT2D eigenvalue weighted by molar-refractivity contribution is -0.129. The number of nitrogens with zero attached hydrogens (tertiary/aromatic N) is 1. The molecular weight excluding hydrogens is 152 g/mol. The largest absolute Gasteiger partial charge is 0.338 e. The van der Waals surface area contributed by atoms with Crippen molar-refractivity contribution in [2.75, 3.05) is 13.1 Å². The van der Waals surface area contributed by atoms with E-state index in [0.29, 0.717) is 18.9 Å². The van der Waals surface area contributed by atoms with Gasteiger partial charge in [-0.05, 0) is 6.92 Å². The average molecular weight is 168 g/mol. The number of rotatable bonds is 3. The highest BCUT2D eigenvalue weighted by Crippen LogP contribution is 2.20. The molecule has 12 heavy (non-hydrogen) atoms. The van der Waals surface area contributed by atoms with Crippen LogP contribution >= 0.6 is 0 Å². The monoisotopic (exact) mass is 168 g/mol. The van der Waals surface area contributed by atoms with Crippen LogP contribution < -0.4 is 5.73 Å². The van der Waals surface area contributed by atoms with Gasteiger partial charge in [-0.25, -0.2) is 0 Å². The Morgan fingerprint density at radius 1 is 1.92 bits per heavy atom. The lowest BCUT2D eigenvalue weighted by atomic mass is 10.1. The van der Waals surface area contributed by atoms with Crippen LogP contribution in [0.5, 0.6) is 0 Å². The van der Waals surface area contributed by atoms with E-state index in [2.05, 4.69) is 6.58 Å². The molecule has 0 radical (unpaired) electrons. The summed E-state index contributed by atoms with van der Waals surface area (Å²) < 4.78 is 0. The second-order valence-electron chi connectivity index (χ2n) is 3.33. The molecule has 1 aliphatic heterocycles. The van der Waals surface area contributed by atoms with Crippen LogP contribution in [0.1, 0.15) is 13.3 Å². The molecule has 2 N–H and O–H groups in total. The molecule has 68 valence electrons. The zero-order valence-electron chi connectivity index (χ0n) is 7.49. The number of carbonyl (C=O) groups excluding carboxylic acids is 1. The molecule has 1 saturated heterocycles. The van der Waals surface area contributed by atoms with E-state index < -0.39 is 0 Å². The van der Waals surface area contributed by atoms with Crippen molar-refractivity contribution < 1.29 is 4.79 Å². The van der Waals surface area contributed by atoms with Gasteiger partial charge < -0.3 is 10.6 Å². The predicted molar refractivity (Wildman–Crippen MR) is 48.5 cm³/mol. The molecule has 1 aliphatic rings. The van der Waals surface area contributed by atoms with Crippen molar-refractivity contribution in [2.24, 2.45) is 11.7 Å². The summed E-state index contributed by atoms with van der Waals surface area (Å²) >= 11 is 0. The second-order valence-corrected chi connectivity index (χ2v) is 3.33. The van der Waals surface area contributed by atoms with Crippen LogP contribution in [0.15, 0.2) is 12.7 Å². The van der Waals surface area contributed by atoms with E-state index in [0.717, 1.165) is 6.54 Å². The maximum absolute atomic E-state index is 11.4. The fraction of sp³-hybridized carbons (Fsp3) is 0.667. The molecule has 0 aromatic rings. The molecule has 0 aromatic heterocycles. The molecule has 2 unspecified atom stereocenters. The van der Waals surface area contributed by atoms with Crippen molar-refractivity contribution in [2.45, 2.75) is 19.4 Å². The summed E-state index contributed by atoms with van der Waals surface area (Å²) in [5.74, 6) is 0.532. The van der Waals surface area contributed by atoms with Crippen LogP contribution in [0.2, 0.25) is 0 Å². The standard InChI is InChI=1S/C9H16N2O/c1-3-8-4-9(12)11(6-8)7(2)5-10/h3,7-8H,1,4-6,10H2,2H3. The van der Waals surface area contributed by atoms with Gasteiger partial charge >= 0.3 is 0 Å². The van der Waals surface area contributed by atoms with Crippen molar-refractivity contribution in [1.82, 2.24) is 4.90 Å². The maximum atomic E-state index is 11.4. The molecule has 1 rings (SSSR count). The average Bonchev–Trinajstić information content (AvgIpc) is 2.45. The molecule has 1 amide bonds. The zero-order valence-corrected chi connectivity index (χ0v) is 7.49. The summed E-state index contributed by atoms with van der Waals surface area (Å²) in [6.45, 7) is 6.99. The Hall–Kier alpha value is -0.830. The fourth-order valence-corrected chi connectivity index (χ4v) is 1.47. The number of hydrogen-bond donors (Lipinski definition) is 1. The Morgan fingerprint density at radius 3 is 3.00 bits per heavy atom. The van der Waals surface area contributed by atoms with Gasteiger partial charge in [0.1, 0.15) is 0 Å². The van der Waals surface area contributed by atoms with E-state index in [1.54, 1.807) is 0 Å². The van der Waals surface area contributed by atoms with Crippen LogP contribution in [-0.4, -0.2) is 29.9 Å². The van der Waals surface area contributed by atoms with Crippen LogP contribution in [0, 0.1) is 5.92 Å². The molecular formula is C9H16N2O. The number of amides is 1. The summed E-state index contributed by atoms with van der Waals surface area (Å²) in [6.07, 6.45) is 2.45. The molecule has 1 heterocycles. The van der Waals surface area contributed by atoms with E-state index in [9.17, 15) is 4.79 Å².